The Morgan fingerprint density at radius 2 is 1.48 bits per heavy atom. The van der Waals surface area contributed by atoms with Crippen molar-refractivity contribution in [1.29, 1.82) is 0 Å². The number of carbonyl (C=O) groups excluding carboxylic acids is 1. The maximum atomic E-state index is 14.0. The number of benzene rings is 2. The standard InChI is InChI=1S/C29H40NO2.Sn.3H/c1-5-8-20-28(4)25-18-14-15-19-26(25)29(21-9-6-2,22-10-7-3)30(28)27(31)32-23-24-16-12-11-13-17-24;;;;/h11-14,16-19H,5-10,20-23H2,1-4H3;;;;. The van der Waals surface area contributed by atoms with E-state index in [1.807, 2.05) is 30.3 Å². The van der Waals surface area contributed by atoms with Crippen LogP contribution in [0.2, 0.25) is 0 Å². The molecule has 33 heavy (non-hydrogen) atoms. The van der Waals surface area contributed by atoms with E-state index in [2.05, 4.69) is 50.8 Å². The number of nitrogens with zero attached hydrogens (tertiary/aromatic N) is 1. The van der Waals surface area contributed by atoms with Gasteiger partial charge in [-0.15, -0.1) is 0 Å². The summed E-state index contributed by atoms with van der Waals surface area (Å²) < 4.78 is 7.54. The summed E-state index contributed by atoms with van der Waals surface area (Å²) in [7, 11) is 0. The summed E-state index contributed by atoms with van der Waals surface area (Å²) >= 11 is 0.429. The fraction of sp³-hybridized carbons (Fsp3) is 0.552. The van der Waals surface area contributed by atoms with Crippen LogP contribution in [0.25, 0.3) is 0 Å². The third-order valence-electron chi connectivity index (χ3n) is 7.47. The van der Waals surface area contributed by atoms with Crippen LogP contribution >= 0.6 is 0 Å². The number of amides is 1. The molecular formula is C29H43NO2Sn. The summed E-state index contributed by atoms with van der Waals surface area (Å²) in [6, 6.07) is 17.2. The summed E-state index contributed by atoms with van der Waals surface area (Å²) in [5, 5.41) is 0. The Hall–Kier alpha value is -1.49. The van der Waals surface area contributed by atoms with Gasteiger partial charge in [0, 0.05) is 0 Å². The van der Waals surface area contributed by atoms with Crippen molar-refractivity contribution in [2.45, 2.75) is 103 Å². The number of carbonyl (C=O) groups is 1. The van der Waals surface area contributed by atoms with Gasteiger partial charge in [0.2, 0.25) is 0 Å². The van der Waals surface area contributed by atoms with Crippen molar-refractivity contribution >= 4 is 32.2 Å². The zero-order valence-electron chi connectivity index (χ0n) is 21.5. The molecule has 0 saturated carbocycles. The minimum atomic E-state index is -0.330. The molecule has 0 fully saturated rings. The van der Waals surface area contributed by atoms with Crippen LogP contribution in [0.1, 0.15) is 102 Å². The molecule has 0 radical (unpaired) electrons. The van der Waals surface area contributed by atoms with Crippen LogP contribution in [-0.4, -0.2) is 33.5 Å². The van der Waals surface area contributed by atoms with Crippen molar-refractivity contribution in [3.05, 3.63) is 65.2 Å². The van der Waals surface area contributed by atoms with E-state index in [4.69, 9.17) is 4.74 Å². The number of rotatable bonds is 11. The van der Waals surface area contributed by atoms with Gasteiger partial charge >= 0.3 is 215 Å². The number of ether oxygens (including phenoxy) is 1. The predicted molar refractivity (Wildman–Crippen MR) is 142 cm³/mol. The second-order valence-corrected chi connectivity index (χ2v) is 13.3. The Bertz CT molecular complexity index is 905. The van der Waals surface area contributed by atoms with Crippen molar-refractivity contribution in [2.75, 3.05) is 0 Å². The summed E-state index contributed by atoms with van der Waals surface area (Å²) in [6.07, 6.45) is 9.57. The molecule has 1 unspecified atom stereocenters. The zero-order valence-corrected chi connectivity index (χ0v) is 27.2. The first-order valence-corrected chi connectivity index (χ1v) is 15.9. The fourth-order valence-corrected chi connectivity index (χ4v) is 7.01. The van der Waals surface area contributed by atoms with Gasteiger partial charge < -0.3 is 0 Å². The monoisotopic (exact) mass is 557 g/mol. The molecule has 1 amide bonds. The van der Waals surface area contributed by atoms with Crippen LogP contribution < -0.4 is 3.58 Å². The molecule has 1 atom stereocenters. The third kappa shape index (κ3) is 5.44. The van der Waals surface area contributed by atoms with Gasteiger partial charge in [0.25, 0.3) is 0 Å². The first kappa shape index (κ1) is 26.1. The minimum absolute atomic E-state index is 0.151. The molecule has 0 saturated heterocycles. The van der Waals surface area contributed by atoms with Gasteiger partial charge in [-0.1, -0.05) is 0 Å². The van der Waals surface area contributed by atoms with Crippen LogP contribution in [0.15, 0.2) is 48.5 Å². The Labute approximate surface area is 214 Å². The number of hydrogen-bond donors (Lipinski definition) is 0. The van der Waals surface area contributed by atoms with Crippen LogP contribution in [0, 0.1) is 0 Å². The van der Waals surface area contributed by atoms with E-state index in [0.29, 0.717) is 29.1 Å². The van der Waals surface area contributed by atoms with Gasteiger partial charge in [-0.3, -0.25) is 0 Å². The topological polar surface area (TPSA) is 29.5 Å². The molecule has 4 heteroatoms. The zero-order chi connectivity index (χ0) is 23.9. The summed E-state index contributed by atoms with van der Waals surface area (Å²) in [5.41, 5.74) is 3.21. The molecule has 0 N–H and O–H groups in total. The normalized spacial score (nSPS) is 19.0. The molecule has 1 aliphatic heterocycles. The molecule has 0 aromatic heterocycles. The number of hydrogen-bond acceptors (Lipinski definition) is 2. The van der Waals surface area contributed by atoms with Crippen LogP contribution in [0.3, 0.4) is 0 Å². The second-order valence-electron chi connectivity index (χ2n) is 10.0. The fourth-order valence-electron chi connectivity index (χ4n) is 5.71. The summed E-state index contributed by atoms with van der Waals surface area (Å²) in [5.74, 6) is 0. The summed E-state index contributed by atoms with van der Waals surface area (Å²) in [6.45, 7) is 9.37. The molecule has 180 valence electrons. The Kier molecular flexibility index (Phi) is 9.32. The number of unbranched alkanes of at least 4 members (excludes halogenated alkanes) is 3. The van der Waals surface area contributed by atoms with E-state index in [-0.39, 0.29) is 17.2 Å². The van der Waals surface area contributed by atoms with Crippen LogP contribution in [0.5, 0.6) is 0 Å². The Morgan fingerprint density at radius 3 is 2.09 bits per heavy atom. The molecule has 0 spiro atoms. The summed E-state index contributed by atoms with van der Waals surface area (Å²) in [4.78, 5) is 16.2. The van der Waals surface area contributed by atoms with Gasteiger partial charge in [0.15, 0.2) is 0 Å². The van der Waals surface area contributed by atoms with E-state index < -0.39 is 0 Å². The third-order valence-corrected chi connectivity index (χ3v) is 9.25. The number of fused-ring (bicyclic) bond motifs is 1. The van der Waals surface area contributed by atoms with E-state index in [1.165, 1.54) is 14.7 Å². The van der Waals surface area contributed by atoms with Gasteiger partial charge in [-0.2, -0.15) is 0 Å². The average Bonchev–Trinajstić information content (AvgIpc) is 3.03. The van der Waals surface area contributed by atoms with Gasteiger partial charge in [-0.05, 0) is 0 Å². The Morgan fingerprint density at radius 1 is 0.879 bits per heavy atom. The van der Waals surface area contributed by atoms with E-state index in [1.54, 1.807) is 0 Å². The van der Waals surface area contributed by atoms with Crippen molar-refractivity contribution in [2.24, 2.45) is 0 Å². The van der Waals surface area contributed by atoms with Gasteiger partial charge in [0.05, 0.1) is 0 Å². The van der Waals surface area contributed by atoms with Gasteiger partial charge in [0.1, 0.15) is 0 Å². The molecule has 0 aliphatic carbocycles. The molecule has 2 aromatic carbocycles. The molecule has 1 heterocycles. The molecule has 3 rings (SSSR count). The first-order chi connectivity index (χ1) is 15.9. The Balaban J connectivity index is 2.10. The molecule has 0 bridgehead atoms. The van der Waals surface area contributed by atoms with Crippen LogP contribution in [0.4, 0.5) is 4.79 Å². The van der Waals surface area contributed by atoms with Gasteiger partial charge in [-0.25, -0.2) is 0 Å². The van der Waals surface area contributed by atoms with Crippen molar-refractivity contribution in [3.8, 4) is 0 Å². The van der Waals surface area contributed by atoms with E-state index in [0.717, 1.165) is 63.4 Å². The molecular weight excluding hydrogens is 513 g/mol. The van der Waals surface area contributed by atoms with E-state index >= 15 is 0 Å². The predicted octanol–water partition coefficient (Wildman–Crippen LogP) is 6.31. The van der Waals surface area contributed by atoms with E-state index in [9.17, 15) is 4.79 Å². The second kappa shape index (κ2) is 11.8. The SMILES string of the molecule is CCCCC1(C)c2cc[c]([SnH3])cc2C(CCCC)(CCCC)N1C(=O)OCc1ccccc1. The molecule has 3 nitrogen and oxygen atoms in total. The molecule has 1 aliphatic rings. The maximum absolute atomic E-state index is 14.0. The van der Waals surface area contributed by atoms with Crippen LogP contribution in [-0.2, 0) is 22.4 Å². The quantitative estimate of drug-likeness (QED) is 0.304. The van der Waals surface area contributed by atoms with Crippen molar-refractivity contribution in [3.63, 3.8) is 0 Å². The molecule has 2 aromatic rings. The van der Waals surface area contributed by atoms with Crippen molar-refractivity contribution in [1.82, 2.24) is 4.90 Å². The first-order valence-electron chi connectivity index (χ1n) is 13.1. The average molecular weight is 556 g/mol. The van der Waals surface area contributed by atoms with Crippen molar-refractivity contribution < 1.29 is 9.53 Å².